The lowest BCUT2D eigenvalue weighted by atomic mass is 9.85. The predicted molar refractivity (Wildman–Crippen MR) is 45.9 cm³/mol. The molecule has 0 saturated carbocycles. The van der Waals surface area contributed by atoms with Gasteiger partial charge >= 0.3 is 0 Å². The van der Waals surface area contributed by atoms with Crippen molar-refractivity contribution < 1.29 is 9.47 Å². The van der Waals surface area contributed by atoms with Crippen LogP contribution in [-0.2, 0) is 9.47 Å². The fourth-order valence-electron chi connectivity index (χ4n) is 2.19. The van der Waals surface area contributed by atoms with Crippen LogP contribution in [-0.4, -0.2) is 32.0 Å². The fourth-order valence-corrected chi connectivity index (χ4v) is 2.19. The van der Waals surface area contributed by atoms with E-state index in [4.69, 9.17) is 15.2 Å². The second-order valence-corrected chi connectivity index (χ2v) is 3.93. The number of rotatable bonds is 1. The molecular formula is C9H17NO2. The summed E-state index contributed by atoms with van der Waals surface area (Å²) < 4.78 is 11.1. The maximum absolute atomic E-state index is 5.78. The third-order valence-corrected chi connectivity index (χ3v) is 3.00. The molecule has 0 unspecified atom stereocenters. The maximum atomic E-state index is 5.78. The zero-order valence-corrected chi connectivity index (χ0v) is 7.42. The number of nitrogens with two attached hydrogens (primary N) is 1. The SMILES string of the molecule is NC[C@@H]1CCO[C@@]2(CCOC2)C1. The van der Waals surface area contributed by atoms with Crippen LogP contribution in [0.25, 0.3) is 0 Å². The summed E-state index contributed by atoms with van der Waals surface area (Å²) in [6, 6.07) is 0. The van der Waals surface area contributed by atoms with E-state index in [1.54, 1.807) is 0 Å². The molecule has 70 valence electrons. The van der Waals surface area contributed by atoms with Gasteiger partial charge in [0.25, 0.3) is 0 Å². The van der Waals surface area contributed by atoms with Crippen molar-refractivity contribution >= 4 is 0 Å². The van der Waals surface area contributed by atoms with Crippen LogP contribution in [0.5, 0.6) is 0 Å². The molecule has 0 aromatic heterocycles. The zero-order valence-electron chi connectivity index (χ0n) is 7.42. The number of ether oxygens (including phenoxy) is 2. The second kappa shape index (κ2) is 3.32. The van der Waals surface area contributed by atoms with Gasteiger partial charge in [-0.3, -0.25) is 0 Å². The van der Waals surface area contributed by atoms with E-state index in [2.05, 4.69) is 0 Å². The van der Waals surface area contributed by atoms with Crippen molar-refractivity contribution in [1.29, 1.82) is 0 Å². The van der Waals surface area contributed by atoms with Crippen LogP contribution in [0.15, 0.2) is 0 Å². The van der Waals surface area contributed by atoms with Gasteiger partial charge in [0.05, 0.1) is 12.2 Å². The summed E-state index contributed by atoms with van der Waals surface area (Å²) in [5, 5.41) is 0. The summed E-state index contributed by atoms with van der Waals surface area (Å²) in [6.07, 6.45) is 3.28. The quantitative estimate of drug-likeness (QED) is 0.626. The Bertz CT molecular complexity index is 155. The molecule has 1 spiro atoms. The van der Waals surface area contributed by atoms with Crippen LogP contribution in [0.4, 0.5) is 0 Å². The summed E-state index contributed by atoms with van der Waals surface area (Å²) in [4.78, 5) is 0. The van der Waals surface area contributed by atoms with Crippen molar-refractivity contribution in [2.45, 2.75) is 24.9 Å². The highest BCUT2D eigenvalue weighted by atomic mass is 16.6. The van der Waals surface area contributed by atoms with Crippen molar-refractivity contribution in [3.8, 4) is 0 Å². The Hall–Kier alpha value is -0.120. The van der Waals surface area contributed by atoms with Crippen molar-refractivity contribution in [2.75, 3.05) is 26.4 Å². The molecule has 0 aliphatic carbocycles. The molecule has 12 heavy (non-hydrogen) atoms. The third-order valence-electron chi connectivity index (χ3n) is 3.00. The largest absolute Gasteiger partial charge is 0.378 e. The smallest absolute Gasteiger partial charge is 0.0939 e. The lowest BCUT2D eigenvalue weighted by Gasteiger charge is -2.36. The van der Waals surface area contributed by atoms with Crippen LogP contribution in [0.2, 0.25) is 0 Å². The summed E-state index contributed by atoms with van der Waals surface area (Å²) in [7, 11) is 0. The van der Waals surface area contributed by atoms with Gasteiger partial charge in [-0.2, -0.15) is 0 Å². The molecule has 0 amide bonds. The molecule has 0 bridgehead atoms. The minimum absolute atomic E-state index is 0.0439. The van der Waals surface area contributed by atoms with Crippen LogP contribution in [0, 0.1) is 5.92 Å². The van der Waals surface area contributed by atoms with Crippen molar-refractivity contribution in [3.63, 3.8) is 0 Å². The lowest BCUT2D eigenvalue weighted by molar-refractivity contribution is -0.0963. The van der Waals surface area contributed by atoms with Crippen molar-refractivity contribution in [1.82, 2.24) is 0 Å². The molecule has 2 aliphatic rings. The van der Waals surface area contributed by atoms with Crippen LogP contribution < -0.4 is 5.73 Å². The fraction of sp³-hybridized carbons (Fsp3) is 1.00. The predicted octanol–water partition coefficient (Wildman–Crippen LogP) is 0.531. The normalized spacial score (nSPS) is 42.2. The standard InChI is InChI=1S/C9H17NO2/c10-6-8-1-3-12-9(5-8)2-4-11-7-9/h8H,1-7,10H2/t8-,9+/m1/s1. The molecular weight excluding hydrogens is 154 g/mol. The monoisotopic (exact) mass is 171 g/mol. The van der Waals surface area contributed by atoms with E-state index >= 15 is 0 Å². The van der Waals surface area contributed by atoms with Gasteiger partial charge in [0, 0.05) is 19.6 Å². The first-order valence-corrected chi connectivity index (χ1v) is 4.76. The molecule has 2 saturated heterocycles. The second-order valence-electron chi connectivity index (χ2n) is 3.93. The van der Waals surface area contributed by atoms with Gasteiger partial charge in [-0.15, -0.1) is 0 Å². The van der Waals surface area contributed by atoms with E-state index < -0.39 is 0 Å². The summed E-state index contributed by atoms with van der Waals surface area (Å²) in [5.74, 6) is 0.653. The molecule has 0 aromatic rings. The van der Waals surface area contributed by atoms with Gasteiger partial charge in [0.15, 0.2) is 0 Å². The van der Waals surface area contributed by atoms with E-state index in [1.807, 2.05) is 0 Å². The minimum Gasteiger partial charge on any atom is -0.378 e. The Morgan fingerprint density at radius 1 is 1.42 bits per heavy atom. The maximum Gasteiger partial charge on any atom is 0.0939 e. The van der Waals surface area contributed by atoms with Gasteiger partial charge in [0.1, 0.15) is 0 Å². The molecule has 2 rings (SSSR count). The van der Waals surface area contributed by atoms with Crippen LogP contribution in [0.1, 0.15) is 19.3 Å². The first-order chi connectivity index (χ1) is 5.85. The molecule has 2 atom stereocenters. The molecule has 2 fully saturated rings. The molecule has 3 nitrogen and oxygen atoms in total. The van der Waals surface area contributed by atoms with Crippen molar-refractivity contribution in [2.24, 2.45) is 11.7 Å². The highest BCUT2D eigenvalue weighted by molar-refractivity contribution is 4.90. The Morgan fingerprint density at radius 2 is 2.33 bits per heavy atom. The van der Waals surface area contributed by atoms with Crippen LogP contribution >= 0.6 is 0 Å². The molecule has 0 aromatic carbocycles. The zero-order chi connectivity index (χ0) is 8.44. The van der Waals surface area contributed by atoms with E-state index in [1.165, 1.54) is 0 Å². The highest BCUT2D eigenvalue weighted by Crippen LogP contribution is 2.35. The summed E-state index contributed by atoms with van der Waals surface area (Å²) >= 11 is 0. The van der Waals surface area contributed by atoms with Gasteiger partial charge in [-0.25, -0.2) is 0 Å². The minimum atomic E-state index is 0.0439. The average molecular weight is 171 g/mol. The first kappa shape index (κ1) is 8.48. The number of hydrogen-bond donors (Lipinski definition) is 1. The van der Waals surface area contributed by atoms with Gasteiger partial charge in [-0.1, -0.05) is 0 Å². The van der Waals surface area contributed by atoms with Gasteiger partial charge in [0.2, 0.25) is 0 Å². The first-order valence-electron chi connectivity index (χ1n) is 4.76. The molecule has 3 heteroatoms. The van der Waals surface area contributed by atoms with Gasteiger partial charge < -0.3 is 15.2 Å². The molecule has 2 aliphatic heterocycles. The Morgan fingerprint density at radius 3 is 3.00 bits per heavy atom. The van der Waals surface area contributed by atoms with E-state index in [0.29, 0.717) is 5.92 Å². The third kappa shape index (κ3) is 1.49. The Balaban J connectivity index is 1.97. The van der Waals surface area contributed by atoms with Crippen LogP contribution in [0.3, 0.4) is 0 Å². The molecule has 2 heterocycles. The summed E-state index contributed by atoms with van der Waals surface area (Å²) in [6.45, 7) is 3.30. The van der Waals surface area contributed by atoms with E-state index in [0.717, 1.165) is 45.6 Å². The summed E-state index contributed by atoms with van der Waals surface area (Å²) in [5.41, 5.74) is 5.70. The van der Waals surface area contributed by atoms with E-state index in [9.17, 15) is 0 Å². The highest BCUT2D eigenvalue weighted by Gasteiger charge is 2.40. The average Bonchev–Trinajstić information content (AvgIpc) is 2.53. The molecule has 2 N–H and O–H groups in total. The Kier molecular flexibility index (Phi) is 2.35. The lowest BCUT2D eigenvalue weighted by Crippen LogP contribution is -2.42. The Labute approximate surface area is 73.2 Å². The topological polar surface area (TPSA) is 44.5 Å². The van der Waals surface area contributed by atoms with Gasteiger partial charge in [-0.05, 0) is 25.3 Å². The van der Waals surface area contributed by atoms with Crippen molar-refractivity contribution in [3.05, 3.63) is 0 Å². The molecule has 0 radical (unpaired) electrons. The number of hydrogen-bond acceptors (Lipinski definition) is 3. The van der Waals surface area contributed by atoms with E-state index in [-0.39, 0.29) is 5.60 Å².